The van der Waals surface area contributed by atoms with Gasteiger partial charge in [0.1, 0.15) is 28.7 Å². The third-order valence-corrected chi connectivity index (χ3v) is 13.4. The Balaban J connectivity index is 1.48. The van der Waals surface area contributed by atoms with Gasteiger partial charge < -0.3 is 23.7 Å². The molecule has 1 aliphatic heterocycles. The summed E-state index contributed by atoms with van der Waals surface area (Å²) in [5, 5.41) is 0.499. The van der Waals surface area contributed by atoms with Crippen molar-refractivity contribution in [3.63, 3.8) is 0 Å². The molecular weight excluding hydrogens is 845 g/mol. The number of anilines is 1. The number of nitrogens with zero attached hydrogens (tertiary/aromatic N) is 1. The topological polar surface area (TPSA) is 49.4 Å². The quantitative estimate of drug-likeness (QED) is 0.112. The van der Waals surface area contributed by atoms with Gasteiger partial charge in [0.25, 0.3) is 0 Å². The van der Waals surface area contributed by atoms with E-state index in [1.165, 1.54) is 38.5 Å². The van der Waals surface area contributed by atoms with Crippen LogP contribution in [0.1, 0.15) is 74.8 Å². The second-order valence-electron chi connectivity index (χ2n) is 18.9. The lowest BCUT2D eigenvalue weighted by Crippen LogP contribution is -2.48. The first-order valence-corrected chi connectivity index (χ1v) is 21.3. The minimum Gasteiger partial charge on any atom is -0.497 e. The molecule has 0 aromatic heterocycles. The third kappa shape index (κ3) is 7.11. The molecule has 6 aromatic carbocycles. The molecule has 0 saturated heterocycles. The van der Waals surface area contributed by atoms with Crippen molar-refractivity contribution in [2.45, 2.75) is 70.6 Å². The van der Waals surface area contributed by atoms with Crippen LogP contribution in [0.3, 0.4) is 0 Å². The number of ether oxygens (including phenoxy) is 5. The lowest BCUT2D eigenvalue weighted by molar-refractivity contribution is -0.226. The Hall–Kier alpha value is -6.30. The largest absolute Gasteiger partial charge is 0.497 e. The minimum absolute atomic E-state index is 0.00636. The molecule has 6 aromatic rings. The van der Waals surface area contributed by atoms with Gasteiger partial charge in [-0.2, -0.15) is 4.90 Å². The van der Waals surface area contributed by atoms with Crippen LogP contribution in [0.2, 0.25) is 0 Å². The predicted octanol–water partition coefficient (Wildman–Crippen LogP) is 14.2. The first-order valence-electron chi connectivity index (χ1n) is 21.3. The summed E-state index contributed by atoms with van der Waals surface area (Å²) in [6, 6.07) is 29.4. The zero-order valence-electron chi connectivity index (χ0n) is 37.3. The summed E-state index contributed by atoms with van der Waals surface area (Å²) in [5.74, 6) is 1.82. The number of rotatable bonds is 8. The third-order valence-electron chi connectivity index (χ3n) is 13.4. The molecule has 1 fully saturated rings. The average Bonchev–Trinajstić information content (AvgIpc) is 3.52. The van der Waals surface area contributed by atoms with Crippen molar-refractivity contribution in [3.05, 3.63) is 137 Å². The number of benzene rings is 6. The molecule has 0 unspecified atom stereocenters. The summed E-state index contributed by atoms with van der Waals surface area (Å²) in [4.78, 5) is -1.41. The molecule has 6 nitrogen and oxygen atoms in total. The fourth-order valence-corrected chi connectivity index (χ4v) is 11.7. The van der Waals surface area contributed by atoms with Gasteiger partial charge in [-0.15, -0.1) is 26.3 Å². The Morgan fingerprint density at radius 3 is 1.66 bits per heavy atom. The fourth-order valence-electron chi connectivity index (χ4n) is 11.7. The number of halogens is 6. The predicted molar refractivity (Wildman–Crippen MR) is 241 cm³/mol. The molecule has 65 heavy (non-hydrogen) atoms. The van der Waals surface area contributed by atoms with Crippen LogP contribution in [0, 0.1) is 10.8 Å². The van der Waals surface area contributed by atoms with E-state index in [4.69, 9.17) is 23.7 Å². The van der Waals surface area contributed by atoms with E-state index in [0.29, 0.717) is 63.5 Å². The van der Waals surface area contributed by atoms with Gasteiger partial charge in [0, 0.05) is 44.7 Å². The zero-order valence-corrected chi connectivity index (χ0v) is 37.3. The van der Waals surface area contributed by atoms with Crippen LogP contribution in [0.25, 0.3) is 39.1 Å². The lowest BCUT2D eigenvalue weighted by atomic mass is 9.52. The molecular formula is C53H49F6NO5. The zero-order chi connectivity index (χ0) is 46.5. The molecule has 9 rings (SSSR count). The van der Waals surface area contributed by atoms with Crippen LogP contribution in [0.4, 0.5) is 32.0 Å². The van der Waals surface area contributed by atoms with Crippen molar-refractivity contribution in [2.75, 3.05) is 33.3 Å². The summed E-state index contributed by atoms with van der Waals surface area (Å²) in [6.07, 6.45) is -5.48. The fraction of sp³-hybridized carbons (Fsp3) is 0.321. The Kier molecular flexibility index (Phi) is 10.2. The number of fused-ring (bicyclic) bond motifs is 10. The first-order chi connectivity index (χ1) is 30.7. The summed E-state index contributed by atoms with van der Waals surface area (Å²) in [5.41, 5.74) is 1.25. The second-order valence-corrected chi connectivity index (χ2v) is 18.9. The smallest absolute Gasteiger partial charge is 0.491 e. The Bertz CT molecular complexity index is 2780. The molecule has 2 aliphatic carbocycles. The lowest BCUT2D eigenvalue weighted by Gasteiger charge is -2.52. The van der Waals surface area contributed by atoms with E-state index in [-0.39, 0.29) is 33.1 Å². The van der Waals surface area contributed by atoms with E-state index in [0.717, 1.165) is 29.2 Å². The maximum atomic E-state index is 15.2. The first kappa shape index (κ1) is 43.9. The van der Waals surface area contributed by atoms with Gasteiger partial charge in [0.15, 0.2) is 5.60 Å². The van der Waals surface area contributed by atoms with E-state index in [9.17, 15) is 0 Å². The molecule has 1 heterocycles. The number of methoxy groups -OCH3 is 4. The number of alkyl halides is 6. The molecule has 0 atom stereocenters. The maximum Gasteiger partial charge on any atom is 0.491 e. The molecule has 0 bridgehead atoms. The second kappa shape index (κ2) is 15.1. The maximum absolute atomic E-state index is 15.2. The summed E-state index contributed by atoms with van der Waals surface area (Å²) in [6.45, 7) is 8.91. The van der Waals surface area contributed by atoms with Gasteiger partial charge in [0.2, 0.25) is 0 Å². The molecule has 0 amide bonds. The van der Waals surface area contributed by atoms with Gasteiger partial charge >= 0.3 is 12.6 Å². The highest BCUT2D eigenvalue weighted by atomic mass is 19.4. The summed E-state index contributed by atoms with van der Waals surface area (Å²) < 4.78 is 121. The van der Waals surface area contributed by atoms with Gasteiger partial charge in [-0.05, 0) is 112 Å². The molecule has 3 aliphatic rings. The van der Waals surface area contributed by atoms with E-state index in [1.807, 2.05) is 78.9 Å². The Morgan fingerprint density at radius 1 is 0.569 bits per heavy atom. The molecule has 12 heteroatoms. The monoisotopic (exact) mass is 893 g/mol. The molecule has 338 valence electrons. The van der Waals surface area contributed by atoms with Crippen molar-refractivity contribution in [2.24, 2.45) is 10.8 Å². The van der Waals surface area contributed by atoms with E-state index >= 15 is 26.3 Å². The van der Waals surface area contributed by atoms with E-state index < -0.39 is 34.2 Å². The summed E-state index contributed by atoms with van der Waals surface area (Å²) >= 11 is 0. The molecule has 0 radical (unpaired) electrons. The number of hydrogen-bond acceptors (Lipinski definition) is 6. The van der Waals surface area contributed by atoms with Gasteiger partial charge in [0.05, 0.1) is 34.1 Å². The standard InChI is InChI=1S/C53H49F6NO5/c1-48(2)28-49(3,4)30-50(29-48)42-12-10-9-11-37(42)45-40-27-43(60(52(54,55)56)53(57,58)59)39(36-22-21-35(63-7)25-44(36)64-8)26-41(40)47-38(46(45)50)23-24-51(65-47,31-13-17-33(61-5)18-14-31)32-15-19-34(62-6)20-16-32/h9-27H,28-30H2,1-8H3. The van der Waals surface area contributed by atoms with Crippen molar-refractivity contribution < 1.29 is 50.0 Å². The Morgan fingerprint density at radius 2 is 1.12 bits per heavy atom. The average molecular weight is 894 g/mol. The molecule has 0 N–H and O–H groups in total. The van der Waals surface area contributed by atoms with Crippen LogP contribution < -0.4 is 28.6 Å². The van der Waals surface area contributed by atoms with Crippen LogP contribution in [-0.4, -0.2) is 41.0 Å². The highest BCUT2D eigenvalue weighted by Crippen LogP contribution is 2.67. The molecule has 1 saturated carbocycles. The van der Waals surface area contributed by atoms with Crippen LogP contribution >= 0.6 is 0 Å². The summed E-state index contributed by atoms with van der Waals surface area (Å²) in [7, 11) is 5.84. The number of hydrogen-bond donors (Lipinski definition) is 0. The van der Waals surface area contributed by atoms with Crippen LogP contribution in [-0.2, 0) is 11.0 Å². The molecule has 1 spiro atoms. The van der Waals surface area contributed by atoms with Crippen molar-refractivity contribution in [1.29, 1.82) is 0 Å². The van der Waals surface area contributed by atoms with Crippen LogP contribution in [0.15, 0.2) is 109 Å². The van der Waals surface area contributed by atoms with Gasteiger partial charge in [-0.25, -0.2) is 0 Å². The van der Waals surface area contributed by atoms with E-state index in [1.54, 1.807) is 14.2 Å². The van der Waals surface area contributed by atoms with Crippen molar-refractivity contribution >= 4 is 22.5 Å². The minimum atomic E-state index is -5.88. The van der Waals surface area contributed by atoms with E-state index in [2.05, 4.69) is 33.8 Å². The van der Waals surface area contributed by atoms with Crippen molar-refractivity contribution in [3.8, 4) is 51.0 Å². The highest BCUT2D eigenvalue weighted by Gasteiger charge is 2.57. The van der Waals surface area contributed by atoms with Crippen molar-refractivity contribution in [1.82, 2.24) is 0 Å². The van der Waals surface area contributed by atoms with Gasteiger partial charge in [-0.1, -0.05) is 82.3 Å². The van der Waals surface area contributed by atoms with Crippen LogP contribution in [0.5, 0.6) is 28.7 Å². The normalized spacial score (nSPS) is 17.4. The SMILES string of the molecule is COc1ccc(C2(c3ccc(OC)cc3)C=Cc3c4c(c5cc(N(C(F)(F)F)C(F)(F)F)c(-c6ccc(OC)cc6OC)cc5c3O2)-c2ccccc2C42CC(C)(C)CC(C)(C)C2)cc1. The highest BCUT2D eigenvalue weighted by molar-refractivity contribution is 6.12. The Labute approximate surface area is 374 Å². The van der Waals surface area contributed by atoms with Gasteiger partial charge in [-0.3, -0.25) is 0 Å².